The summed E-state index contributed by atoms with van der Waals surface area (Å²) in [5, 5.41) is 2.71. The first-order valence-corrected chi connectivity index (χ1v) is 8.22. The van der Waals surface area contributed by atoms with Gasteiger partial charge in [-0.3, -0.25) is 4.79 Å². The Balaban J connectivity index is 1.89. The van der Waals surface area contributed by atoms with Crippen LogP contribution < -0.4 is 14.8 Å². The molecule has 2 aromatic carbocycles. The Hall–Kier alpha value is -3.81. The van der Waals surface area contributed by atoms with Crippen LogP contribution >= 0.6 is 0 Å². The van der Waals surface area contributed by atoms with Crippen molar-refractivity contribution in [2.75, 3.05) is 26.6 Å². The molecule has 0 spiro atoms. The number of hydrogen-bond acceptors (Lipinski definition) is 7. The Morgan fingerprint density at radius 2 is 1.68 bits per heavy atom. The van der Waals surface area contributed by atoms with Crippen LogP contribution in [-0.4, -0.2) is 38.2 Å². The van der Waals surface area contributed by atoms with Crippen LogP contribution in [0.15, 0.2) is 53.4 Å². The third-order valence-corrected chi connectivity index (χ3v) is 4.04. The van der Waals surface area contributed by atoms with Gasteiger partial charge in [0, 0.05) is 23.3 Å². The molecule has 0 aliphatic rings. The first-order chi connectivity index (χ1) is 13.6. The van der Waals surface area contributed by atoms with E-state index in [1.165, 1.54) is 39.9 Å². The minimum absolute atomic E-state index is 0.145. The van der Waals surface area contributed by atoms with E-state index < -0.39 is 11.9 Å². The quantitative estimate of drug-likeness (QED) is 0.652. The number of esters is 1. The average molecular weight is 382 g/mol. The van der Waals surface area contributed by atoms with Gasteiger partial charge >= 0.3 is 5.97 Å². The highest BCUT2D eigenvalue weighted by atomic mass is 16.5. The number of methoxy groups -OCH3 is 3. The number of carbonyl (C=O) groups excluding carboxylic acids is 2. The molecular formula is C20H18N2O6. The number of oxazole rings is 1. The van der Waals surface area contributed by atoms with Crippen molar-refractivity contribution in [3.05, 3.63) is 60.1 Å². The van der Waals surface area contributed by atoms with Gasteiger partial charge < -0.3 is 23.9 Å². The summed E-state index contributed by atoms with van der Waals surface area (Å²) in [6.45, 7) is 0. The highest BCUT2D eigenvalue weighted by Gasteiger charge is 2.19. The second-order valence-corrected chi connectivity index (χ2v) is 5.64. The predicted molar refractivity (Wildman–Crippen MR) is 101 cm³/mol. The lowest BCUT2D eigenvalue weighted by Crippen LogP contribution is -2.16. The van der Waals surface area contributed by atoms with E-state index >= 15 is 0 Å². The molecule has 8 heteroatoms. The molecule has 3 rings (SSSR count). The predicted octanol–water partition coefficient (Wildman–Crippen LogP) is 3.40. The lowest BCUT2D eigenvalue weighted by molar-refractivity contribution is 0.0601. The summed E-state index contributed by atoms with van der Waals surface area (Å²) in [5.41, 5.74) is 1.57. The maximum Gasteiger partial charge on any atom is 0.340 e. The average Bonchev–Trinajstić information content (AvgIpc) is 3.27. The molecule has 1 amide bonds. The largest absolute Gasteiger partial charge is 0.493 e. The van der Waals surface area contributed by atoms with Crippen LogP contribution in [0.25, 0.3) is 11.3 Å². The fourth-order valence-corrected chi connectivity index (χ4v) is 2.60. The zero-order valence-electron chi connectivity index (χ0n) is 15.5. The van der Waals surface area contributed by atoms with Gasteiger partial charge in [0.15, 0.2) is 23.7 Å². The van der Waals surface area contributed by atoms with Gasteiger partial charge in [0.25, 0.3) is 5.91 Å². The number of ether oxygens (including phenoxy) is 3. The number of anilines is 1. The highest BCUT2D eigenvalue weighted by molar-refractivity contribution is 6.08. The Labute approximate surface area is 161 Å². The van der Waals surface area contributed by atoms with E-state index in [9.17, 15) is 9.59 Å². The van der Waals surface area contributed by atoms with Crippen LogP contribution in [0.2, 0.25) is 0 Å². The summed E-state index contributed by atoms with van der Waals surface area (Å²) in [6.07, 6.45) is 2.92. The van der Waals surface area contributed by atoms with Gasteiger partial charge in [0.2, 0.25) is 0 Å². The summed E-state index contributed by atoms with van der Waals surface area (Å²) in [7, 11) is 4.17. The molecule has 0 radical (unpaired) electrons. The highest BCUT2D eigenvalue weighted by Crippen LogP contribution is 2.34. The number of nitrogens with zero attached hydrogens (tertiary/aromatic N) is 1. The van der Waals surface area contributed by atoms with Crippen LogP contribution in [0, 0.1) is 0 Å². The Morgan fingerprint density at radius 1 is 1.00 bits per heavy atom. The van der Waals surface area contributed by atoms with Crippen molar-refractivity contribution in [2.24, 2.45) is 0 Å². The molecule has 8 nitrogen and oxygen atoms in total. The lowest BCUT2D eigenvalue weighted by atomic mass is 10.1. The Morgan fingerprint density at radius 3 is 2.25 bits per heavy atom. The molecule has 1 aromatic heterocycles. The summed E-state index contributed by atoms with van der Waals surface area (Å²) in [5.74, 6) is 0.293. The molecule has 0 saturated heterocycles. The van der Waals surface area contributed by atoms with Gasteiger partial charge in [-0.2, -0.15) is 0 Å². The van der Waals surface area contributed by atoms with Crippen LogP contribution in [-0.2, 0) is 4.74 Å². The van der Waals surface area contributed by atoms with E-state index in [-0.39, 0.29) is 11.3 Å². The van der Waals surface area contributed by atoms with Gasteiger partial charge in [0.05, 0.1) is 38.8 Å². The second kappa shape index (κ2) is 8.26. The first kappa shape index (κ1) is 19.0. The van der Waals surface area contributed by atoms with Crippen molar-refractivity contribution >= 4 is 17.6 Å². The van der Waals surface area contributed by atoms with Crippen LogP contribution in [0.5, 0.6) is 11.5 Å². The Bertz CT molecular complexity index is 981. The van der Waals surface area contributed by atoms with Gasteiger partial charge in [-0.25, -0.2) is 9.78 Å². The zero-order valence-corrected chi connectivity index (χ0v) is 15.5. The minimum atomic E-state index is -0.614. The Kier molecular flexibility index (Phi) is 5.59. The molecule has 0 saturated carbocycles. The summed E-state index contributed by atoms with van der Waals surface area (Å²) >= 11 is 0. The standard InChI is InChI=1S/C20H18N2O6/c1-25-16-8-14(20(24)27-3)15(9-17(16)26-2)22-19(23)13-6-4-12(5-7-13)18-10-21-11-28-18/h4-11H,1-3H3,(H,22,23). The fraction of sp³-hybridized carbons (Fsp3) is 0.150. The maximum atomic E-state index is 12.7. The van der Waals surface area contributed by atoms with Gasteiger partial charge in [-0.1, -0.05) is 12.1 Å². The third-order valence-electron chi connectivity index (χ3n) is 4.04. The molecule has 0 aliphatic carbocycles. The fourth-order valence-electron chi connectivity index (χ4n) is 2.60. The number of rotatable bonds is 6. The van der Waals surface area contributed by atoms with E-state index in [0.717, 1.165) is 5.56 Å². The monoisotopic (exact) mass is 382 g/mol. The van der Waals surface area contributed by atoms with Crippen LogP contribution in [0.1, 0.15) is 20.7 Å². The zero-order chi connectivity index (χ0) is 20.1. The van der Waals surface area contributed by atoms with Crippen molar-refractivity contribution in [3.8, 4) is 22.8 Å². The minimum Gasteiger partial charge on any atom is -0.493 e. The number of aromatic nitrogens is 1. The van der Waals surface area contributed by atoms with Gasteiger partial charge in [0.1, 0.15) is 0 Å². The SMILES string of the molecule is COC(=O)c1cc(OC)c(OC)cc1NC(=O)c1ccc(-c2cnco2)cc1. The van der Waals surface area contributed by atoms with E-state index in [4.69, 9.17) is 18.6 Å². The normalized spacial score (nSPS) is 10.2. The number of amides is 1. The molecule has 0 unspecified atom stereocenters. The van der Waals surface area contributed by atoms with E-state index in [1.807, 2.05) is 0 Å². The molecule has 1 heterocycles. The number of hydrogen-bond donors (Lipinski definition) is 1. The molecule has 144 valence electrons. The van der Waals surface area contributed by atoms with Crippen molar-refractivity contribution in [2.45, 2.75) is 0 Å². The topological polar surface area (TPSA) is 99.9 Å². The molecule has 1 N–H and O–H groups in total. The smallest absolute Gasteiger partial charge is 0.340 e. The van der Waals surface area contributed by atoms with Crippen molar-refractivity contribution in [1.29, 1.82) is 0 Å². The molecule has 0 atom stereocenters. The van der Waals surface area contributed by atoms with Gasteiger partial charge in [-0.15, -0.1) is 0 Å². The number of nitrogens with one attached hydrogen (secondary N) is 1. The summed E-state index contributed by atoms with van der Waals surface area (Å²) < 4.78 is 20.5. The van der Waals surface area contributed by atoms with Crippen LogP contribution in [0.3, 0.4) is 0 Å². The molecule has 28 heavy (non-hydrogen) atoms. The first-order valence-electron chi connectivity index (χ1n) is 8.22. The van der Waals surface area contributed by atoms with Crippen molar-refractivity contribution < 1.29 is 28.2 Å². The van der Waals surface area contributed by atoms with E-state index in [0.29, 0.717) is 22.8 Å². The number of benzene rings is 2. The molecule has 0 aliphatic heterocycles. The van der Waals surface area contributed by atoms with Crippen molar-refractivity contribution in [1.82, 2.24) is 4.98 Å². The second-order valence-electron chi connectivity index (χ2n) is 5.64. The maximum absolute atomic E-state index is 12.7. The van der Waals surface area contributed by atoms with Gasteiger partial charge in [-0.05, 0) is 12.1 Å². The van der Waals surface area contributed by atoms with Crippen molar-refractivity contribution in [3.63, 3.8) is 0 Å². The molecule has 0 fully saturated rings. The molecular weight excluding hydrogens is 364 g/mol. The summed E-state index contributed by atoms with van der Waals surface area (Å²) in [6, 6.07) is 9.73. The van der Waals surface area contributed by atoms with E-state index in [1.54, 1.807) is 30.5 Å². The lowest BCUT2D eigenvalue weighted by Gasteiger charge is -2.14. The third kappa shape index (κ3) is 3.80. The summed E-state index contributed by atoms with van der Waals surface area (Å²) in [4.78, 5) is 28.6. The molecule has 3 aromatic rings. The number of carbonyl (C=O) groups is 2. The van der Waals surface area contributed by atoms with E-state index in [2.05, 4.69) is 10.3 Å². The van der Waals surface area contributed by atoms with Crippen LogP contribution in [0.4, 0.5) is 5.69 Å². The molecule has 0 bridgehead atoms.